The number of aryl methyl sites for hydroxylation is 1. The van der Waals surface area contributed by atoms with Gasteiger partial charge in [-0.05, 0) is 91.6 Å². The number of nitriles is 1. The molecule has 0 atom stereocenters. The standard InChI is InChI=1S/C35H31FN10/c1-22-19-24(36)6-9-27(22)29-10-11-30-35(42-29)46(34(43-30)28-3-2-15-40-33(28)38)26-7-4-23(5-8-26)21-45-17-13-25(14-18-45)41-31-12-16-39-32(20-37)44-31/h2-12,15-16,19,25H,13-14,17-18,21H2,1H3,(H2,38,40)(H,39,41,44). The summed E-state index contributed by atoms with van der Waals surface area (Å²) >= 11 is 0. The first-order chi connectivity index (χ1) is 22.4. The first-order valence-electron chi connectivity index (χ1n) is 15.1. The lowest BCUT2D eigenvalue weighted by Crippen LogP contribution is -2.38. The molecule has 5 heterocycles. The molecule has 1 fully saturated rings. The molecule has 228 valence electrons. The Morgan fingerprint density at radius 2 is 1.76 bits per heavy atom. The predicted molar refractivity (Wildman–Crippen MR) is 175 cm³/mol. The molecular weight excluding hydrogens is 579 g/mol. The number of likely N-dealkylation sites (tertiary alicyclic amines) is 1. The number of hydrogen-bond acceptors (Lipinski definition) is 9. The Morgan fingerprint density at radius 3 is 2.52 bits per heavy atom. The number of hydrogen-bond donors (Lipinski definition) is 2. The summed E-state index contributed by atoms with van der Waals surface area (Å²) in [6, 6.07) is 24.9. The Kier molecular flexibility index (Phi) is 7.78. The quantitative estimate of drug-likeness (QED) is 0.226. The summed E-state index contributed by atoms with van der Waals surface area (Å²) in [5.41, 5.74) is 12.9. The van der Waals surface area contributed by atoms with Gasteiger partial charge in [-0.25, -0.2) is 29.3 Å². The minimum Gasteiger partial charge on any atom is -0.383 e. The third-order valence-corrected chi connectivity index (χ3v) is 8.34. The molecule has 1 aliphatic rings. The van der Waals surface area contributed by atoms with E-state index >= 15 is 0 Å². The minimum absolute atomic E-state index is 0.171. The number of imidazole rings is 1. The zero-order chi connectivity index (χ0) is 31.6. The molecule has 4 aromatic heterocycles. The second-order valence-corrected chi connectivity index (χ2v) is 11.4. The van der Waals surface area contributed by atoms with Crippen molar-refractivity contribution < 1.29 is 4.39 Å². The highest BCUT2D eigenvalue weighted by molar-refractivity contribution is 5.84. The molecule has 3 N–H and O–H groups in total. The molecule has 2 aromatic carbocycles. The number of nitrogens with two attached hydrogens (primary N) is 1. The number of pyridine rings is 2. The normalized spacial score (nSPS) is 13.9. The van der Waals surface area contributed by atoms with E-state index in [0.29, 0.717) is 40.2 Å². The van der Waals surface area contributed by atoms with Crippen LogP contribution in [0, 0.1) is 24.1 Å². The molecule has 0 unspecified atom stereocenters. The van der Waals surface area contributed by atoms with Crippen LogP contribution in [0.1, 0.15) is 29.8 Å². The topological polar surface area (TPSA) is 134 Å². The minimum atomic E-state index is -0.278. The third-order valence-electron chi connectivity index (χ3n) is 8.34. The maximum atomic E-state index is 13.9. The van der Waals surface area contributed by atoms with Crippen molar-refractivity contribution >= 4 is 22.8 Å². The molecule has 6 aromatic rings. The van der Waals surface area contributed by atoms with Crippen LogP contribution in [-0.2, 0) is 6.54 Å². The average molecular weight is 611 g/mol. The molecule has 7 rings (SSSR count). The number of piperidine rings is 1. The van der Waals surface area contributed by atoms with Crippen LogP contribution in [0.2, 0.25) is 0 Å². The zero-order valence-electron chi connectivity index (χ0n) is 25.2. The molecule has 0 bridgehead atoms. The van der Waals surface area contributed by atoms with Crippen LogP contribution in [0.5, 0.6) is 0 Å². The number of rotatable bonds is 7. The summed E-state index contributed by atoms with van der Waals surface area (Å²) < 4.78 is 15.9. The summed E-state index contributed by atoms with van der Waals surface area (Å²) in [5.74, 6) is 1.61. The van der Waals surface area contributed by atoms with Crippen LogP contribution in [0.25, 0.3) is 39.5 Å². The lowest BCUT2D eigenvalue weighted by Gasteiger charge is -2.32. The molecular formula is C35H31FN10. The summed E-state index contributed by atoms with van der Waals surface area (Å²) in [4.78, 5) is 24.9. The summed E-state index contributed by atoms with van der Waals surface area (Å²) in [6.07, 6.45) is 5.22. The first-order valence-corrected chi connectivity index (χ1v) is 15.1. The Morgan fingerprint density at radius 1 is 0.935 bits per heavy atom. The van der Waals surface area contributed by atoms with Gasteiger partial charge in [0.15, 0.2) is 11.5 Å². The lowest BCUT2D eigenvalue weighted by molar-refractivity contribution is 0.211. The number of fused-ring (bicyclic) bond motifs is 1. The van der Waals surface area contributed by atoms with E-state index in [9.17, 15) is 4.39 Å². The smallest absolute Gasteiger partial charge is 0.234 e. The highest BCUT2D eigenvalue weighted by Crippen LogP contribution is 2.32. The highest BCUT2D eigenvalue weighted by Gasteiger charge is 2.21. The van der Waals surface area contributed by atoms with E-state index in [0.717, 1.165) is 55.0 Å². The maximum absolute atomic E-state index is 13.9. The first kappa shape index (κ1) is 29.0. The molecule has 11 heteroatoms. The fourth-order valence-corrected chi connectivity index (χ4v) is 6.00. The second kappa shape index (κ2) is 12.3. The highest BCUT2D eigenvalue weighted by atomic mass is 19.1. The van der Waals surface area contributed by atoms with Crippen molar-refractivity contribution in [3.63, 3.8) is 0 Å². The molecule has 10 nitrogen and oxygen atoms in total. The van der Waals surface area contributed by atoms with E-state index in [4.69, 9.17) is 21.0 Å². The van der Waals surface area contributed by atoms with E-state index in [-0.39, 0.29) is 11.6 Å². The van der Waals surface area contributed by atoms with Crippen molar-refractivity contribution in [2.45, 2.75) is 32.4 Å². The molecule has 0 radical (unpaired) electrons. The van der Waals surface area contributed by atoms with Crippen LogP contribution < -0.4 is 11.1 Å². The number of benzene rings is 2. The van der Waals surface area contributed by atoms with Gasteiger partial charge >= 0.3 is 0 Å². The molecule has 46 heavy (non-hydrogen) atoms. The fraction of sp³-hybridized carbons (Fsp3) is 0.200. The van der Waals surface area contributed by atoms with E-state index in [2.05, 4.69) is 49.4 Å². The van der Waals surface area contributed by atoms with E-state index in [1.165, 1.54) is 17.7 Å². The van der Waals surface area contributed by atoms with Crippen molar-refractivity contribution in [1.29, 1.82) is 5.26 Å². The summed E-state index contributed by atoms with van der Waals surface area (Å²) in [7, 11) is 0. The van der Waals surface area contributed by atoms with Gasteiger partial charge in [-0.3, -0.25) is 9.47 Å². The SMILES string of the molecule is Cc1cc(F)ccc1-c1ccc2nc(-c3cccnc3N)n(-c3ccc(CN4CCC(Nc5ccnc(C#N)n5)CC4)cc3)c2n1. The van der Waals surface area contributed by atoms with Crippen LogP contribution in [0.15, 0.2) is 85.2 Å². The number of anilines is 2. The summed E-state index contributed by atoms with van der Waals surface area (Å²) in [5, 5.41) is 12.5. The van der Waals surface area contributed by atoms with Gasteiger partial charge in [0.1, 0.15) is 29.0 Å². The number of halogens is 1. The van der Waals surface area contributed by atoms with Gasteiger partial charge in [0.05, 0.1) is 11.3 Å². The number of nitrogens with zero attached hydrogens (tertiary/aromatic N) is 8. The van der Waals surface area contributed by atoms with Gasteiger partial charge in [-0.2, -0.15) is 5.26 Å². The Labute approximate surface area is 265 Å². The predicted octanol–water partition coefficient (Wildman–Crippen LogP) is 5.92. The van der Waals surface area contributed by atoms with Crippen molar-refractivity contribution in [2.75, 3.05) is 24.1 Å². The lowest BCUT2D eigenvalue weighted by atomic mass is 10.0. The van der Waals surface area contributed by atoms with Crippen LogP contribution >= 0.6 is 0 Å². The molecule has 0 saturated carbocycles. The monoisotopic (exact) mass is 610 g/mol. The number of aromatic nitrogens is 6. The molecule has 1 saturated heterocycles. The molecule has 1 aliphatic heterocycles. The van der Waals surface area contributed by atoms with Crippen LogP contribution in [-0.4, -0.2) is 53.5 Å². The second-order valence-electron chi connectivity index (χ2n) is 11.4. The van der Waals surface area contributed by atoms with Crippen molar-refractivity contribution in [1.82, 2.24) is 34.4 Å². The molecule has 0 spiro atoms. The Hall–Kier alpha value is -5.73. The largest absolute Gasteiger partial charge is 0.383 e. The van der Waals surface area contributed by atoms with Gasteiger partial charge in [-0.1, -0.05) is 12.1 Å². The zero-order valence-corrected chi connectivity index (χ0v) is 25.2. The van der Waals surface area contributed by atoms with Gasteiger partial charge in [0.25, 0.3) is 0 Å². The van der Waals surface area contributed by atoms with E-state index in [1.54, 1.807) is 24.5 Å². The van der Waals surface area contributed by atoms with Gasteiger partial charge in [0, 0.05) is 49.3 Å². The van der Waals surface area contributed by atoms with Crippen molar-refractivity contribution in [2.24, 2.45) is 0 Å². The summed E-state index contributed by atoms with van der Waals surface area (Å²) in [6.45, 7) is 4.60. The Bertz CT molecular complexity index is 2070. The number of nitrogen functional groups attached to an aromatic ring is 1. The Balaban J connectivity index is 1.14. The van der Waals surface area contributed by atoms with Crippen molar-refractivity contribution in [3.05, 3.63) is 108 Å². The van der Waals surface area contributed by atoms with E-state index < -0.39 is 0 Å². The maximum Gasteiger partial charge on any atom is 0.234 e. The van der Waals surface area contributed by atoms with Crippen LogP contribution in [0.3, 0.4) is 0 Å². The van der Waals surface area contributed by atoms with E-state index in [1.807, 2.05) is 41.8 Å². The third kappa shape index (κ3) is 5.86. The van der Waals surface area contributed by atoms with Gasteiger partial charge in [-0.15, -0.1) is 0 Å². The number of nitrogens with one attached hydrogen (secondary N) is 1. The van der Waals surface area contributed by atoms with Crippen molar-refractivity contribution in [3.8, 4) is 34.4 Å². The van der Waals surface area contributed by atoms with Crippen LogP contribution in [0.4, 0.5) is 16.0 Å². The molecule has 0 aliphatic carbocycles. The average Bonchev–Trinajstić information content (AvgIpc) is 3.45. The van der Waals surface area contributed by atoms with Gasteiger partial charge < -0.3 is 11.1 Å². The fourth-order valence-electron chi connectivity index (χ4n) is 6.00. The van der Waals surface area contributed by atoms with Gasteiger partial charge in [0.2, 0.25) is 5.82 Å². The molecule has 0 amide bonds.